The van der Waals surface area contributed by atoms with Gasteiger partial charge in [0.2, 0.25) is 0 Å². The van der Waals surface area contributed by atoms with Crippen LogP contribution in [-0.2, 0) is 28.6 Å². The number of carbonyl (C=O) groups excluding carboxylic acids is 3. The zero-order valence-electron chi connectivity index (χ0n) is 52.4. The quantitative estimate of drug-likeness (QED) is 0.0261. The standard InChI is InChI=1S/C76H118O6/c1-4-7-10-13-16-19-22-25-28-30-32-34-36-37-38-39-41-42-44-46-48-51-54-57-60-63-66-69-75(78)81-72-73(71-80-74(77)68-65-62-59-56-53-50-27-24-21-18-15-12-9-6-3)82-76(79)70-67-64-61-58-55-52-49-47-45-43-40-35-33-31-29-26-23-20-17-14-11-8-5-2/h7-8,10-11,16-17,19-20,24-29,32-35,37-38,41-43,45-46,48-49,52,54,57,73H,4-6,9,12-15,18,21-23,30-31,36,39-40,44,47,50-51,53,55-56,58-72H2,1-3H3/b10-7-,11-8-,19-16-,20-17-,27-24-,28-25-,29-26-,34-32-,35-33-,38-37-,42-41-,45-43-,48-46-,52-49-,57-54-. The van der Waals surface area contributed by atoms with Crippen LogP contribution in [-0.4, -0.2) is 37.2 Å². The summed E-state index contributed by atoms with van der Waals surface area (Å²) in [7, 11) is 0. The zero-order chi connectivity index (χ0) is 59.2. The fraction of sp³-hybridized carbons (Fsp3) is 0.566. The molecule has 82 heavy (non-hydrogen) atoms. The Bertz CT molecular complexity index is 1920. The fourth-order valence-corrected chi connectivity index (χ4v) is 8.28. The second-order valence-corrected chi connectivity index (χ2v) is 20.9. The molecule has 0 spiro atoms. The number of unbranched alkanes of at least 4 members (excludes halogenated alkanes) is 16. The summed E-state index contributed by atoms with van der Waals surface area (Å²) in [5, 5.41) is 0. The van der Waals surface area contributed by atoms with Crippen LogP contribution in [0.25, 0.3) is 0 Å². The molecule has 0 amide bonds. The third kappa shape index (κ3) is 65.3. The molecule has 0 radical (unpaired) electrons. The molecule has 0 aromatic heterocycles. The Kier molecular flexibility index (Phi) is 63.5. The lowest BCUT2D eigenvalue weighted by molar-refractivity contribution is -0.167. The molecule has 0 saturated carbocycles. The summed E-state index contributed by atoms with van der Waals surface area (Å²) in [6.07, 6.45) is 102. The number of hydrogen-bond donors (Lipinski definition) is 0. The largest absolute Gasteiger partial charge is 0.462 e. The van der Waals surface area contributed by atoms with Gasteiger partial charge in [0.25, 0.3) is 0 Å². The van der Waals surface area contributed by atoms with Gasteiger partial charge in [-0.3, -0.25) is 14.4 Å². The second kappa shape index (κ2) is 68.0. The summed E-state index contributed by atoms with van der Waals surface area (Å²) in [6.45, 7) is 6.33. The van der Waals surface area contributed by atoms with E-state index in [4.69, 9.17) is 14.2 Å². The highest BCUT2D eigenvalue weighted by atomic mass is 16.6. The molecule has 0 saturated heterocycles. The van der Waals surface area contributed by atoms with Gasteiger partial charge in [0.1, 0.15) is 13.2 Å². The first-order valence-corrected chi connectivity index (χ1v) is 32.8. The van der Waals surface area contributed by atoms with Crippen molar-refractivity contribution >= 4 is 17.9 Å². The second-order valence-electron chi connectivity index (χ2n) is 20.9. The number of rotatable bonds is 57. The van der Waals surface area contributed by atoms with E-state index in [2.05, 4.69) is 203 Å². The van der Waals surface area contributed by atoms with Crippen LogP contribution in [0.5, 0.6) is 0 Å². The minimum absolute atomic E-state index is 0.116. The van der Waals surface area contributed by atoms with Crippen LogP contribution < -0.4 is 0 Å². The molecule has 0 bridgehead atoms. The van der Waals surface area contributed by atoms with Crippen LogP contribution in [0.1, 0.15) is 258 Å². The van der Waals surface area contributed by atoms with E-state index in [9.17, 15) is 14.4 Å². The van der Waals surface area contributed by atoms with Gasteiger partial charge in [-0.25, -0.2) is 0 Å². The maximum absolute atomic E-state index is 12.9. The van der Waals surface area contributed by atoms with Crippen molar-refractivity contribution in [3.05, 3.63) is 182 Å². The Morgan fingerprint density at radius 1 is 0.256 bits per heavy atom. The summed E-state index contributed by atoms with van der Waals surface area (Å²) in [4.78, 5) is 38.3. The van der Waals surface area contributed by atoms with Gasteiger partial charge in [0.05, 0.1) is 0 Å². The van der Waals surface area contributed by atoms with Crippen LogP contribution >= 0.6 is 0 Å². The van der Waals surface area contributed by atoms with Crippen LogP contribution in [0, 0.1) is 0 Å². The van der Waals surface area contributed by atoms with Gasteiger partial charge < -0.3 is 14.2 Å². The number of esters is 3. The zero-order valence-corrected chi connectivity index (χ0v) is 52.4. The molecule has 0 fully saturated rings. The Morgan fingerprint density at radius 2 is 0.476 bits per heavy atom. The van der Waals surface area contributed by atoms with E-state index in [-0.39, 0.29) is 44.0 Å². The monoisotopic (exact) mass is 1130 g/mol. The van der Waals surface area contributed by atoms with Crippen molar-refractivity contribution in [2.24, 2.45) is 0 Å². The summed E-state index contributed by atoms with van der Waals surface area (Å²) in [5.41, 5.74) is 0. The van der Waals surface area contributed by atoms with Crippen molar-refractivity contribution in [3.63, 3.8) is 0 Å². The minimum atomic E-state index is -0.826. The van der Waals surface area contributed by atoms with Crippen molar-refractivity contribution in [1.82, 2.24) is 0 Å². The Balaban J connectivity index is 4.54. The fourth-order valence-electron chi connectivity index (χ4n) is 8.28. The SMILES string of the molecule is CC/C=C\C/C=C\C/C=C\C/C=C\C/C=C\C/C=C\C/C=C\C/C=C\CCCCC(=O)OCC(COC(=O)CCCCCCC/C=C\CCCCCCC)OC(=O)CCCCCC/C=C\C/C=C\C/C=C\C/C=C\C/C=C\C/C=C\CC. The summed E-state index contributed by atoms with van der Waals surface area (Å²) >= 11 is 0. The maximum Gasteiger partial charge on any atom is 0.306 e. The first-order valence-electron chi connectivity index (χ1n) is 32.8. The Labute approximate surface area is 504 Å². The number of ether oxygens (including phenoxy) is 3. The van der Waals surface area contributed by atoms with E-state index in [0.717, 1.165) is 167 Å². The number of carbonyl (C=O) groups is 3. The summed E-state index contributed by atoms with van der Waals surface area (Å²) in [5.74, 6) is -1.00. The Hall–Kier alpha value is -5.49. The number of allylic oxidation sites excluding steroid dienone is 30. The molecule has 6 heteroatoms. The van der Waals surface area contributed by atoms with Gasteiger partial charge in [-0.2, -0.15) is 0 Å². The highest BCUT2D eigenvalue weighted by molar-refractivity contribution is 5.71. The van der Waals surface area contributed by atoms with E-state index < -0.39 is 6.10 Å². The summed E-state index contributed by atoms with van der Waals surface area (Å²) in [6, 6.07) is 0. The molecule has 0 aliphatic rings. The molecule has 0 aromatic carbocycles. The van der Waals surface area contributed by atoms with E-state index in [1.54, 1.807) is 0 Å². The van der Waals surface area contributed by atoms with Gasteiger partial charge >= 0.3 is 17.9 Å². The molecule has 0 aromatic rings. The third-order valence-electron chi connectivity index (χ3n) is 13.1. The van der Waals surface area contributed by atoms with Crippen LogP contribution in [0.2, 0.25) is 0 Å². The molecule has 0 heterocycles. The average molecular weight is 1130 g/mol. The van der Waals surface area contributed by atoms with Crippen LogP contribution in [0.15, 0.2) is 182 Å². The molecular weight excluding hydrogens is 1010 g/mol. The van der Waals surface area contributed by atoms with Crippen molar-refractivity contribution in [2.45, 2.75) is 264 Å². The highest BCUT2D eigenvalue weighted by Gasteiger charge is 2.19. The molecular formula is C76H118O6. The lowest BCUT2D eigenvalue weighted by Crippen LogP contribution is -2.30. The summed E-state index contributed by atoms with van der Waals surface area (Å²) < 4.78 is 16.9. The van der Waals surface area contributed by atoms with E-state index in [1.165, 1.54) is 44.9 Å². The van der Waals surface area contributed by atoms with Crippen LogP contribution in [0.3, 0.4) is 0 Å². The smallest absolute Gasteiger partial charge is 0.306 e. The molecule has 0 N–H and O–H groups in total. The highest BCUT2D eigenvalue weighted by Crippen LogP contribution is 2.13. The molecule has 6 nitrogen and oxygen atoms in total. The molecule has 458 valence electrons. The van der Waals surface area contributed by atoms with Crippen molar-refractivity contribution in [2.75, 3.05) is 13.2 Å². The first kappa shape index (κ1) is 76.5. The molecule has 1 unspecified atom stereocenters. The van der Waals surface area contributed by atoms with Crippen molar-refractivity contribution < 1.29 is 28.6 Å². The van der Waals surface area contributed by atoms with Gasteiger partial charge in [0, 0.05) is 19.3 Å². The minimum Gasteiger partial charge on any atom is -0.462 e. The topological polar surface area (TPSA) is 78.9 Å². The van der Waals surface area contributed by atoms with E-state index in [1.807, 2.05) is 0 Å². The van der Waals surface area contributed by atoms with Crippen molar-refractivity contribution in [3.8, 4) is 0 Å². The number of hydrogen-bond acceptors (Lipinski definition) is 6. The van der Waals surface area contributed by atoms with E-state index >= 15 is 0 Å². The van der Waals surface area contributed by atoms with Gasteiger partial charge in [0.15, 0.2) is 6.10 Å². The third-order valence-corrected chi connectivity index (χ3v) is 13.1. The lowest BCUT2D eigenvalue weighted by atomic mass is 10.1. The predicted octanol–water partition coefficient (Wildman–Crippen LogP) is 22.8. The molecule has 1 atom stereocenters. The predicted molar refractivity (Wildman–Crippen MR) is 357 cm³/mol. The van der Waals surface area contributed by atoms with Gasteiger partial charge in [-0.15, -0.1) is 0 Å². The van der Waals surface area contributed by atoms with Crippen LogP contribution in [0.4, 0.5) is 0 Å². The molecule has 0 rings (SSSR count). The van der Waals surface area contributed by atoms with Crippen molar-refractivity contribution in [1.29, 1.82) is 0 Å². The normalized spacial score (nSPS) is 13.4. The average Bonchev–Trinajstić information content (AvgIpc) is 3.48. The lowest BCUT2D eigenvalue weighted by Gasteiger charge is -2.18. The molecule has 0 aliphatic heterocycles. The van der Waals surface area contributed by atoms with Gasteiger partial charge in [-0.1, -0.05) is 261 Å². The van der Waals surface area contributed by atoms with E-state index in [0.29, 0.717) is 12.8 Å². The molecule has 0 aliphatic carbocycles. The Morgan fingerprint density at radius 3 is 0.780 bits per heavy atom. The first-order chi connectivity index (χ1) is 40.5. The maximum atomic E-state index is 12.9. The van der Waals surface area contributed by atoms with Gasteiger partial charge in [-0.05, 0) is 161 Å².